The lowest BCUT2D eigenvalue weighted by Gasteiger charge is -2.47. The van der Waals surface area contributed by atoms with Crippen molar-refractivity contribution in [2.75, 3.05) is 7.05 Å². The van der Waals surface area contributed by atoms with E-state index >= 15 is 0 Å². The average Bonchev–Trinajstić information content (AvgIpc) is 3.00. The fourth-order valence-electron chi connectivity index (χ4n) is 4.45. The number of para-hydroxylation sites is 1. The second kappa shape index (κ2) is 6.38. The summed E-state index contributed by atoms with van der Waals surface area (Å²) < 4.78 is 5.99. The van der Waals surface area contributed by atoms with E-state index in [0.29, 0.717) is 29.1 Å². The lowest BCUT2D eigenvalue weighted by atomic mass is 9.82. The van der Waals surface area contributed by atoms with E-state index in [0.717, 1.165) is 18.4 Å². The summed E-state index contributed by atoms with van der Waals surface area (Å²) in [6.07, 6.45) is 5.88. The third kappa shape index (κ3) is 3.13. The van der Waals surface area contributed by atoms with Gasteiger partial charge in [0.25, 0.3) is 5.91 Å². The number of hydrogen-bond acceptors (Lipinski definition) is 4. The third-order valence-corrected chi connectivity index (χ3v) is 5.98. The molecule has 2 aliphatic heterocycles. The quantitative estimate of drug-likeness (QED) is 0.888. The summed E-state index contributed by atoms with van der Waals surface area (Å²) in [7, 11) is 2.23. The van der Waals surface area contributed by atoms with Crippen LogP contribution in [0.1, 0.15) is 69.1 Å². The van der Waals surface area contributed by atoms with Crippen molar-refractivity contribution in [3.63, 3.8) is 0 Å². The van der Waals surface area contributed by atoms with Gasteiger partial charge in [-0.2, -0.15) is 0 Å². The Kier molecular flexibility index (Phi) is 4.30. The van der Waals surface area contributed by atoms with E-state index in [-0.39, 0.29) is 17.4 Å². The minimum absolute atomic E-state index is 0.0418. The van der Waals surface area contributed by atoms with E-state index in [1.54, 1.807) is 0 Å². The van der Waals surface area contributed by atoms with Gasteiger partial charge in [0, 0.05) is 23.5 Å². The van der Waals surface area contributed by atoms with Crippen molar-refractivity contribution in [2.24, 2.45) is 0 Å². The summed E-state index contributed by atoms with van der Waals surface area (Å²) in [5.74, 6) is 0.626. The summed E-state index contributed by atoms with van der Waals surface area (Å²) in [6.45, 7) is 6.19. The van der Waals surface area contributed by atoms with Crippen molar-refractivity contribution < 1.29 is 9.21 Å². The third-order valence-electron chi connectivity index (χ3n) is 5.98. The Bertz CT molecular complexity index is 806. The molecule has 2 aliphatic rings. The molecular formula is C21H29N3O2. The zero-order valence-electron chi connectivity index (χ0n) is 16.2. The van der Waals surface area contributed by atoms with Crippen LogP contribution in [0, 0.1) is 0 Å². The maximum Gasteiger partial charge on any atom is 0.255 e. The van der Waals surface area contributed by atoms with Crippen LogP contribution in [0.5, 0.6) is 0 Å². The van der Waals surface area contributed by atoms with Crippen molar-refractivity contribution in [2.45, 2.75) is 76.4 Å². The highest BCUT2D eigenvalue weighted by Gasteiger charge is 2.36. The first-order valence-electron chi connectivity index (χ1n) is 9.76. The number of aromatic nitrogens is 1. The fraction of sp³-hybridized carbons (Fsp3) is 0.619. The Hall–Kier alpha value is -1.88. The van der Waals surface area contributed by atoms with Crippen molar-refractivity contribution >= 4 is 17.0 Å². The normalized spacial score (nSPS) is 26.8. The number of oxazole rings is 1. The largest absolute Gasteiger partial charge is 0.439 e. The molecule has 2 bridgehead atoms. The van der Waals surface area contributed by atoms with Crippen molar-refractivity contribution in [1.29, 1.82) is 0 Å². The van der Waals surface area contributed by atoms with E-state index in [9.17, 15) is 4.79 Å². The first kappa shape index (κ1) is 17.5. The minimum atomic E-state index is -0.182. The van der Waals surface area contributed by atoms with Gasteiger partial charge < -0.3 is 14.6 Å². The second-order valence-corrected chi connectivity index (χ2v) is 8.97. The molecule has 5 nitrogen and oxygen atoms in total. The van der Waals surface area contributed by atoms with Gasteiger partial charge in [0.2, 0.25) is 5.89 Å². The maximum absolute atomic E-state index is 13.0. The highest BCUT2D eigenvalue weighted by Crippen LogP contribution is 2.33. The van der Waals surface area contributed by atoms with Gasteiger partial charge in [0.05, 0.1) is 5.56 Å². The minimum Gasteiger partial charge on any atom is -0.439 e. The molecule has 3 heterocycles. The molecule has 140 valence electrons. The topological polar surface area (TPSA) is 58.4 Å². The van der Waals surface area contributed by atoms with Crippen LogP contribution in [0.25, 0.3) is 11.1 Å². The number of carbonyl (C=O) groups is 1. The van der Waals surface area contributed by atoms with Gasteiger partial charge in [-0.25, -0.2) is 4.98 Å². The number of carbonyl (C=O) groups excluding carboxylic acids is 1. The van der Waals surface area contributed by atoms with Crippen LogP contribution in [0.4, 0.5) is 0 Å². The predicted molar refractivity (Wildman–Crippen MR) is 102 cm³/mol. The van der Waals surface area contributed by atoms with Gasteiger partial charge in [-0.15, -0.1) is 0 Å². The van der Waals surface area contributed by atoms with Crippen LogP contribution in [0.2, 0.25) is 0 Å². The molecule has 2 unspecified atom stereocenters. The lowest BCUT2D eigenvalue weighted by Crippen LogP contribution is -2.55. The fourth-order valence-corrected chi connectivity index (χ4v) is 4.45. The molecule has 0 saturated carbocycles. The van der Waals surface area contributed by atoms with Gasteiger partial charge in [0.15, 0.2) is 5.58 Å². The molecular weight excluding hydrogens is 326 g/mol. The average molecular weight is 355 g/mol. The zero-order valence-corrected chi connectivity index (χ0v) is 16.2. The molecule has 2 saturated heterocycles. The Labute approximate surface area is 155 Å². The number of nitrogens with one attached hydrogen (secondary N) is 1. The molecule has 2 fully saturated rings. The second-order valence-electron chi connectivity index (χ2n) is 8.97. The van der Waals surface area contributed by atoms with Gasteiger partial charge in [-0.3, -0.25) is 4.79 Å². The summed E-state index contributed by atoms with van der Waals surface area (Å²) in [6, 6.07) is 7.07. The molecule has 4 rings (SSSR count). The summed E-state index contributed by atoms with van der Waals surface area (Å²) >= 11 is 0. The SMILES string of the molecule is CN1C2CCCC1CC(NC(=O)c1cccc3nc(C(C)(C)C)oc13)C2. The number of fused-ring (bicyclic) bond motifs is 3. The van der Waals surface area contributed by atoms with Crippen LogP contribution >= 0.6 is 0 Å². The summed E-state index contributed by atoms with van der Waals surface area (Å²) in [4.78, 5) is 20.1. The summed E-state index contributed by atoms with van der Waals surface area (Å²) in [5, 5.41) is 3.27. The highest BCUT2D eigenvalue weighted by atomic mass is 16.4. The maximum atomic E-state index is 13.0. The molecule has 2 atom stereocenters. The molecule has 0 aliphatic carbocycles. The van der Waals surface area contributed by atoms with Crippen molar-refractivity contribution in [1.82, 2.24) is 15.2 Å². The van der Waals surface area contributed by atoms with Crippen LogP contribution in [0.15, 0.2) is 22.6 Å². The van der Waals surface area contributed by atoms with E-state index in [1.807, 2.05) is 18.2 Å². The highest BCUT2D eigenvalue weighted by molar-refractivity contribution is 6.04. The van der Waals surface area contributed by atoms with E-state index in [1.165, 1.54) is 19.3 Å². The predicted octanol–water partition coefficient (Wildman–Crippen LogP) is 3.87. The lowest BCUT2D eigenvalue weighted by molar-refractivity contribution is 0.0463. The monoisotopic (exact) mass is 355 g/mol. The number of benzene rings is 1. The first-order valence-corrected chi connectivity index (χ1v) is 9.76. The zero-order chi connectivity index (χ0) is 18.5. The van der Waals surface area contributed by atoms with Crippen molar-refractivity contribution in [3.05, 3.63) is 29.7 Å². The molecule has 0 spiro atoms. The molecule has 1 N–H and O–H groups in total. The Morgan fingerprint density at radius 1 is 1.23 bits per heavy atom. The van der Waals surface area contributed by atoms with E-state index in [2.05, 4.69) is 43.0 Å². The van der Waals surface area contributed by atoms with Crippen LogP contribution in [-0.2, 0) is 5.41 Å². The standard InChI is InChI=1S/C21H29N3O2/c1-21(2,3)20-23-17-10-6-9-16(18(17)26-20)19(25)22-13-11-14-7-5-8-15(12-13)24(14)4/h6,9-10,13-15H,5,7-8,11-12H2,1-4H3,(H,22,25). The Balaban J connectivity index is 1.56. The van der Waals surface area contributed by atoms with Gasteiger partial charge >= 0.3 is 0 Å². The molecule has 26 heavy (non-hydrogen) atoms. The molecule has 1 amide bonds. The van der Waals surface area contributed by atoms with Crippen molar-refractivity contribution in [3.8, 4) is 0 Å². The smallest absolute Gasteiger partial charge is 0.255 e. The molecule has 2 aromatic rings. The van der Waals surface area contributed by atoms with Crippen LogP contribution in [0.3, 0.4) is 0 Å². The van der Waals surface area contributed by atoms with Crippen LogP contribution in [-0.4, -0.2) is 41.0 Å². The number of hydrogen-bond donors (Lipinski definition) is 1. The van der Waals surface area contributed by atoms with Gasteiger partial charge in [-0.1, -0.05) is 33.3 Å². The molecule has 5 heteroatoms. The first-order chi connectivity index (χ1) is 12.3. The van der Waals surface area contributed by atoms with E-state index < -0.39 is 0 Å². The molecule has 0 radical (unpaired) electrons. The molecule has 1 aromatic carbocycles. The number of rotatable bonds is 2. The van der Waals surface area contributed by atoms with Gasteiger partial charge in [-0.05, 0) is 44.9 Å². The summed E-state index contributed by atoms with van der Waals surface area (Å²) in [5.41, 5.74) is 1.76. The Morgan fingerprint density at radius 2 is 1.92 bits per heavy atom. The molecule has 1 aromatic heterocycles. The Morgan fingerprint density at radius 3 is 2.58 bits per heavy atom. The number of piperidine rings is 2. The van der Waals surface area contributed by atoms with Crippen LogP contribution < -0.4 is 5.32 Å². The number of amides is 1. The van der Waals surface area contributed by atoms with E-state index in [4.69, 9.17) is 4.42 Å². The number of nitrogens with zero attached hydrogens (tertiary/aromatic N) is 2. The van der Waals surface area contributed by atoms with Gasteiger partial charge in [0.1, 0.15) is 5.52 Å².